The van der Waals surface area contributed by atoms with Gasteiger partial charge in [-0.2, -0.15) is 0 Å². The topological polar surface area (TPSA) is 234 Å². The summed E-state index contributed by atoms with van der Waals surface area (Å²) in [6.45, 7) is 6.99. The van der Waals surface area contributed by atoms with Gasteiger partial charge in [-0.05, 0) is 24.8 Å². The van der Waals surface area contributed by atoms with Crippen molar-refractivity contribution in [3.8, 4) is 0 Å². The minimum atomic E-state index is -3.27. The van der Waals surface area contributed by atoms with Gasteiger partial charge < -0.3 is 37.2 Å². The highest BCUT2D eigenvalue weighted by atomic mass is 16.4. The quantitative estimate of drug-likeness (QED) is 0.0910. The van der Waals surface area contributed by atoms with Gasteiger partial charge in [-0.3, -0.25) is 24.0 Å². The number of hydrogen-bond donors (Lipinski definition) is 7. The number of hydrogen-bond acceptors (Lipinski definition) is 8. The molecule has 14 heteroatoms. The molecule has 14 nitrogen and oxygen atoms in total. The summed E-state index contributed by atoms with van der Waals surface area (Å²) in [6, 6.07) is 6.27. The predicted molar refractivity (Wildman–Crippen MR) is 141 cm³/mol. The third kappa shape index (κ3) is 9.94. The number of rotatable bonds is 16. The lowest BCUT2D eigenvalue weighted by Crippen LogP contribution is -2.64. The smallest absolute Gasteiger partial charge is 0.343 e. The lowest BCUT2D eigenvalue weighted by molar-refractivity contribution is -0.160. The molecule has 0 aromatic heterocycles. The lowest BCUT2D eigenvalue weighted by atomic mass is 9.95. The average molecular weight is 562 g/mol. The molecule has 1 rings (SSSR count). The first-order valence-electron chi connectivity index (χ1n) is 12.2. The Hall–Kier alpha value is -4.59. The fourth-order valence-electron chi connectivity index (χ4n) is 3.35. The molecule has 0 aliphatic carbocycles. The van der Waals surface area contributed by atoms with E-state index in [1.54, 1.807) is 44.2 Å². The molecule has 0 aliphatic rings. The van der Waals surface area contributed by atoms with Crippen molar-refractivity contribution >= 4 is 41.4 Å². The van der Waals surface area contributed by atoms with Crippen molar-refractivity contribution in [3.05, 3.63) is 48.0 Å². The number of aliphatic carboxylic acids is 2. The Kier molecular flexibility index (Phi) is 12.6. The van der Waals surface area contributed by atoms with Gasteiger partial charge in [0.1, 0.15) is 12.1 Å². The first-order chi connectivity index (χ1) is 18.6. The predicted octanol–water partition coefficient (Wildman–Crippen LogP) is -1.51. The molecule has 40 heavy (non-hydrogen) atoms. The minimum absolute atomic E-state index is 0.0360. The fraction of sp³-hybridized carbons (Fsp3) is 0.423. The van der Waals surface area contributed by atoms with Crippen LogP contribution in [0.5, 0.6) is 0 Å². The molecule has 0 bridgehead atoms. The number of benzene rings is 1. The number of nitrogens with one attached hydrogen (secondary N) is 4. The van der Waals surface area contributed by atoms with Gasteiger partial charge in [0.25, 0.3) is 5.54 Å². The van der Waals surface area contributed by atoms with Crippen molar-refractivity contribution in [1.29, 1.82) is 0 Å². The number of carbonyl (C=O) groups is 7. The fourth-order valence-corrected chi connectivity index (χ4v) is 3.35. The van der Waals surface area contributed by atoms with Crippen molar-refractivity contribution in [3.63, 3.8) is 0 Å². The van der Waals surface area contributed by atoms with Gasteiger partial charge in [0, 0.05) is 12.0 Å². The normalized spacial score (nSPS) is 12.4. The van der Waals surface area contributed by atoms with E-state index in [0.717, 1.165) is 0 Å². The summed E-state index contributed by atoms with van der Waals surface area (Å²) in [5.41, 5.74) is 2.83. The largest absolute Gasteiger partial charge is 0.479 e. The van der Waals surface area contributed by atoms with E-state index in [1.807, 2.05) is 0 Å². The summed E-state index contributed by atoms with van der Waals surface area (Å²) in [4.78, 5) is 85.1. The van der Waals surface area contributed by atoms with Gasteiger partial charge in [0.15, 0.2) is 5.78 Å². The second-order valence-electron chi connectivity index (χ2n) is 9.52. The SMILES string of the molecule is C=C(C)C(=O)NCC(=O)NC(Cc1ccccc1)C(=O)NC(CC(C)C)C(=O)NCC(=O)C(N)(C(=O)O)C(=O)O. The van der Waals surface area contributed by atoms with Crippen molar-refractivity contribution in [2.45, 2.75) is 51.2 Å². The molecule has 8 N–H and O–H groups in total. The van der Waals surface area contributed by atoms with Crippen molar-refractivity contribution in [1.82, 2.24) is 21.3 Å². The van der Waals surface area contributed by atoms with Crippen LogP contribution in [0.25, 0.3) is 0 Å². The summed E-state index contributed by atoms with van der Waals surface area (Å²) in [7, 11) is 0. The van der Waals surface area contributed by atoms with Crippen LogP contribution in [-0.2, 0) is 40.0 Å². The Balaban J connectivity index is 3.07. The molecular formula is C26H35N5O9. The van der Waals surface area contributed by atoms with Crippen LogP contribution < -0.4 is 27.0 Å². The maximum Gasteiger partial charge on any atom is 0.343 e. The number of carbonyl (C=O) groups excluding carboxylic acids is 5. The molecule has 2 atom stereocenters. The second kappa shape index (κ2) is 15.1. The zero-order valence-electron chi connectivity index (χ0n) is 22.5. The Bertz CT molecular complexity index is 1140. The van der Waals surface area contributed by atoms with Gasteiger partial charge >= 0.3 is 11.9 Å². The summed E-state index contributed by atoms with van der Waals surface area (Å²) in [6.07, 6.45) is 0.117. The van der Waals surface area contributed by atoms with Crippen molar-refractivity contribution < 1.29 is 43.8 Å². The van der Waals surface area contributed by atoms with E-state index in [4.69, 9.17) is 15.9 Å². The zero-order valence-corrected chi connectivity index (χ0v) is 22.5. The minimum Gasteiger partial charge on any atom is -0.479 e. The summed E-state index contributed by atoms with van der Waals surface area (Å²) < 4.78 is 0. The number of Topliss-reactive ketones (excluding diaryl/α,β-unsaturated/α-hetero) is 1. The third-order valence-corrected chi connectivity index (χ3v) is 5.61. The van der Waals surface area contributed by atoms with Gasteiger partial charge in [-0.15, -0.1) is 0 Å². The van der Waals surface area contributed by atoms with Crippen molar-refractivity contribution in [2.75, 3.05) is 13.1 Å². The van der Waals surface area contributed by atoms with Crippen LogP contribution in [0.3, 0.4) is 0 Å². The molecule has 2 unspecified atom stereocenters. The third-order valence-electron chi connectivity index (χ3n) is 5.61. The van der Waals surface area contributed by atoms with Gasteiger partial charge in [-0.25, -0.2) is 9.59 Å². The Morgan fingerprint density at radius 2 is 1.45 bits per heavy atom. The maximum atomic E-state index is 13.3. The van der Waals surface area contributed by atoms with Crippen LogP contribution in [-0.4, -0.2) is 82.3 Å². The summed E-state index contributed by atoms with van der Waals surface area (Å²) >= 11 is 0. The molecular weight excluding hydrogens is 526 g/mol. The van der Waals surface area contributed by atoms with E-state index in [0.29, 0.717) is 5.56 Å². The van der Waals surface area contributed by atoms with Gasteiger partial charge in [-0.1, -0.05) is 50.8 Å². The molecule has 1 aromatic rings. The highest BCUT2D eigenvalue weighted by molar-refractivity contribution is 6.25. The number of carboxylic acid groups (broad SMARTS) is 2. The van der Waals surface area contributed by atoms with E-state index >= 15 is 0 Å². The maximum absolute atomic E-state index is 13.3. The molecule has 218 valence electrons. The van der Waals surface area contributed by atoms with E-state index in [-0.39, 0.29) is 24.3 Å². The van der Waals surface area contributed by atoms with Gasteiger partial charge in [0.2, 0.25) is 23.6 Å². The molecule has 0 heterocycles. The molecule has 1 aromatic carbocycles. The Morgan fingerprint density at radius 3 is 1.95 bits per heavy atom. The number of nitrogens with two attached hydrogens (primary N) is 1. The summed E-state index contributed by atoms with van der Waals surface area (Å²) in [5, 5.41) is 27.7. The highest BCUT2D eigenvalue weighted by Crippen LogP contribution is 2.09. The van der Waals surface area contributed by atoms with E-state index in [9.17, 15) is 33.6 Å². The lowest BCUT2D eigenvalue weighted by Gasteiger charge is -2.25. The van der Waals surface area contributed by atoms with Crippen LogP contribution in [0.4, 0.5) is 0 Å². The first-order valence-corrected chi connectivity index (χ1v) is 12.2. The zero-order chi connectivity index (χ0) is 30.6. The molecule has 0 spiro atoms. The van der Waals surface area contributed by atoms with Crippen LogP contribution in [0.2, 0.25) is 0 Å². The molecule has 0 saturated carbocycles. The van der Waals surface area contributed by atoms with Crippen LogP contribution in [0.15, 0.2) is 42.5 Å². The van der Waals surface area contributed by atoms with Crippen LogP contribution in [0, 0.1) is 5.92 Å². The molecule has 0 fully saturated rings. The van der Waals surface area contributed by atoms with E-state index in [1.165, 1.54) is 6.92 Å². The molecule has 0 radical (unpaired) electrons. The molecule has 0 aliphatic heterocycles. The number of carboxylic acids is 2. The number of amides is 4. The van der Waals surface area contributed by atoms with Crippen LogP contribution in [0.1, 0.15) is 32.8 Å². The van der Waals surface area contributed by atoms with Crippen LogP contribution >= 0.6 is 0 Å². The second-order valence-corrected chi connectivity index (χ2v) is 9.52. The Labute approximate surface area is 230 Å². The van der Waals surface area contributed by atoms with E-state index in [2.05, 4.69) is 27.8 Å². The first kappa shape index (κ1) is 33.4. The highest BCUT2D eigenvalue weighted by Gasteiger charge is 2.50. The average Bonchev–Trinajstić information content (AvgIpc) is 2.88. The van der Waals surface area contributed by atoms with Gasteiger partial charge in [0.05, 0.1) is 13.1 Å². The summed E-state index contributed by atoms with van der Waals surface area (Å²) in [5.74, 6) is -8.71. The monoisotopic (exact) mass is 561 g/mol. The standard InChI is InChI=1S/C26H35N5O9/c1-14(2)10-17(22(35)28-12-19(32)26(27,24(37)38)25(39)40)31-23(36)18(11-16-8-6-5-7-9-16)30-20(33)13-29-21(34)15(3)4/h5-9,14,17-18H,3,10-13,27H2,1-2,4H3,(H,28,35)(H,29,34)(H,30,33)(H,31,36)(H,37,38)(H,39,40). The number of ketones is 1. The van der Waals surface area contributed by atoms with Crippen molar-refractivity contribution in [2.24, 2.45) is 11.7 Å². The molecule has 0 saturated heterocycles. The Morgan fingerprint density at radius 1 is 0.875 bits per heavy atom. The molecule has 4 amide bonds. The van der Waals surface area contributed by atoms with E-state index < -0.39 is 72.1 Å².